The number of carbonyl (C=O) groups excluding carboxylic acids is 1. The first-order chi connectivity index (χ1) is 10.7. The maximum atomic E-state index is 11.3. The van der Waals surface area contributed by atoms with Crippen LogP contribution in [0.4, 0.5) is 0 Å². The van der Waals surface area contributed by atoms with Crippen molar-refractivity contribution in [1.82, 2.24) is 4.98 Å². The van der Waals surface area contributed by atoms with E-state index in [4.69, 9.17) is 10.1 Å². The smallest absolute Gasteiger partial charge is 0.316 e. The number of hydrogen-bond acceptors (Lipinski definition) is 5. The summed E-state index contributed by atoms with van der Waals surface area (Å²) in [7, 11) is 0. The Kier molecular flexibility index (Phi) is 5.39. The van der Waals surface area contributed by atoms with Gasteiger partial charge in [0.1, 0.15) is 11.1 Å². The molecule has 0 aliphatic rings. The summed E-state index contributed by atoms with van der Waals surface area (Å²) in [5.41, 5.74) is 2.03. The number of rotatable bonds is 5. The van der Waals surface area contributed by atoms with Gasteiger partial charge in [-0.1, -0.05) is 30.0 Å². The summed E-state index contributed by atoms with van der Waals surface area (Å²) in [5, 5.41) is 18.2. The van der Waals surface area contributed by atoms with Gasteiger partial charge in [0.15, 0.2) is 0 Å². The van der Waals surface area contributed by atoms with Crippen LogP contribution in [-0.2, 0) is 9.53 Å². The second kappa shape index (κ2) is 7.48. The predicted molar refractivity (Wildman–Crippen MR) is 88.7 cm³/mol. The maximum Gasteiger partial charge on any atom is 0.316 e. The summed E-state index contributed by atoms with van der Waals surface area (Å²) in [6, 6.07) is 9.74. The van der Waals surface area contributed by atoms with E-state index in [1.165, 1.54) is 0 Å². The number of nitrogens with zero attached hydrogens (tertiary/aromatic N) is 1. The van der Waals surface area contributed by atoms with Gasteiger partial charge in [-0.3, -0.25) is 10.2 Å². The molecule has 0 aliphatic carbocycles. The molecule has 1 heterocycles. The lowest BCUT2D eigenvalue weighted by Crippen LogP contribution is -2.09. The second-order valence-electron chi connectivity index (χ2n) is 4.38. The van der Waals surface area contributed by atoms with Crippen molar-refractivity contribution in [3.8, 4) is 6.07 Å². The van der Waals surface area contributed by atoms with Crippen LogP contribution in [0.5, 0.6) is 0 Å². The number of esters is 1. The van der Waals surface area contributed by atoms with Gasteiger partial charge in [-0.25, -0.2) is 0 Å². The molecule has 5 nitrogen and oxygen atoms in total. The third kappa shape index (κ3) is 3.77. The Morgan fingerprint density at radius 2 is 2.27 bits per heavy atom. The quantitative estimate of drug-likeness (QED) is 0.383. The molecule has 2 rings (SSSR count). The molecule has 0 spiro atoms. The Morgan fingerprint density at radius 1 is 1.50 bits per heavy atom. The first-order valence-corrected chi connectivity index (χ1v) is 7.69. The fraction of sp³-hybridized carbons (Fsp3) is 0.188. The molecule has 0 aliphatic heterocycles. The average Bonchev–Trinajstić information content (AvgIpc) is 2.93. The topological polar surface area (TPSA) is 89.7 Å². The van der Waals surface area contributed by atoms with Crippen molar-refractivity contribution in [3.63, 3.8) is 0 Å². The van der Waals surface area contributed by atoms with Crippen LogP contribution in [0, 0.1) is 16.7 Å². The lowest BCUT2D eigenvalue weighted by atomic mass is 10.1. The average molecular weight is 313 g/mol. The fourth-order valence-corrected chi connectivity index (χ4v) is 2.53. The highest BCUT2D eigenvalue weighted by Crippen LogP contribution is 2.22. The van der Waals surface area contributed by atoms with Crippen LogP contribution >= 0.6 is 11.8 Å². The Morgan fingerprint density at radius 3 is 3.00 bits per heavy atom. The molecule has 0 radical (unpaired) electrons. The van der Waals surface area contributed by atoms with Gasteiger partial charge in [0.2, 0.25) is 0 Å². The minimum absolute atomic E-state index is 0.0274. The minimum atomic E-state index is -0.387. The number of aromatic nitrogens is 1. The largest absolute Gasteiger partial charge is 0.465 e. The van der Waals surface area contributed by atoms with Crippen molar-refractivity contribution in [2.75, 3.05) is 12.4 Å². The number of para-hydroxylation sites is 1. The SMILES string of the molecule is CCOC(=O)CSC(=N)/C(C#N)=C/c1c[nH]c2ccccc12. The van der Waals surface area contributed by atoms with Crippen molar-refractivity contribution in [1.29, 1.82) is 10.7 Å². The number of benzene rings is 1. The molecule has 6 heteroatoms. The molecule has 1 aromatic heterocycles. The second-order valence-corrected chi connectivity index (χ2v) is 5.37. The highest BCUT2D eigenvalue weighted by molar-refractivity contribution is 8.14. The van der Waals surface area contributed by atoms with Gasteiger partial charge in [0.25, 0.3) is 0 Å². The molecule has 0 atom stereocenters. The van der Waals surface area contributed by atoms with E-state index in [2.05, 4.69) is 4.98 Å². The Balaban J connectivity index is 2.15. The van der Waals surface area contributed by atoms with Crippen LogP contribution in [0.15, 0.2) is 36.0 Å². The standard InChI is InChI=1S/C16H15N3O2S/c1-2-21-15(20)10-22-16(18)11(8-17)7-12-9-19-14-6-4-3-5-13(12)14/h3-7,9,18-19H,2,10H2,1H3/b11-7+,18-16?. The number of nitriles is 1. The summed E-state index contributed by atoms with van der Waals surface area (Å²) < 4.78 is 4.81. The van der Waals surface area contributed by atoms with Crippen molar-refractivity contribution in [2.45, 2.75) is 6.92 Å². The number of ether oxygens (including phenoxy) is 1. The van der Waals surface area contributed by atoms with Crippen LogP contribution in [-0.4, -0.2) is 28.4 Å². The van der Waals surface area contributed by atoms with Crippen LogP contribution in [0.3, 0.4) is 0 Å². The van der Waals surface area contributed by atoms with Crippen molar-refractivity contribution in [3.05, 3.63) is 41.6 Å². The van der Waals surface area contributed by atoms with Crippen LogP contribution in [0.1, 0.15) is 12.5 Å². The highest BCUT2D eigenvalue weighted by atomic mass is 32.2. The molecular formula is C16H15N3O2S. The normalized spacial score (nSPS) is 11.2. The molecule has 2 N–H and O–H groups in total. The van der Waals surface area contributed by atoms with E-state index in [9.17, 15) is 10.1 Å². The summed E-state index contributed by atoms with van der Waals surface area (Å²) in [5.74, 6) is -0.360. The van der Waals surface area contributed by atoms with Crippen molar-refractivity contribution >= 4 is 39.8 Å². The zero-order valence-corrected chi connectivity index (χ0v) is 12.9. The molecule has 1 aromatic carbocycles. The third-order valence-corrected chi connectivity index (χ3v) is 3.81. The lowest BCUT2D eigenvalue weighted by molar-refractivity contribution is -0.139. The van der Waals surface area contributed by atoms with Crippen LogP contribution < -0.4 is 0 Å². The predicted octanol–water partition coefficient (Wildman–Crippen LogP) is 3.35. The van der Waals surface area contributed by atoms with E-state index in [1.807, 2.05) is 30.3 Å². The molecule has 2 aromatic rings. The molecule has 0 bridgehead atoms. The van der Waals surface area contributed by atoms with Crippen molar-refractivity contribution < 1.29 is 9.53 Å². The Labute approximate surface area is 132 Å². The molecule has 0 amide bonds. The van der Waals surface area contributed by atoms with E-state index in [0.717, 1.165) is 28.2 Å². The molecule has 0 saturated heterocycles. The summed E-state index contributed by atoms with van der Waals surface area (Å²) in [6.07, 6.45) is 3.45. The van der Waals surface area contributed by atoms with E-state index in [0.29, 0.717) is 6.61 Å². The number of H-pyrrole nitrogens is 1. The zero-order chi connectivity index (χ0) is 15.9. The van der Waals surface area contributed by atoms with Crippen LogP contribution in [0.25, 0.3) is 17.0 Å². The number of thioether (sulfide) groups is 1. The summed E-state index contributed by atoms with van der Waals surface area (Å²) in [4.78, 5) is 14.4. The van der Waals surface area contributed by atoms with Gasteiger partial charge in [0, 0.05) is 22.7 Å². The fourth-order valence-electron chi connectivity index (χ4n) is 1.93. The lowest BCUT2D eigenvalue weighted by Gasteiger charge is -2.02. The maximum absolute atomic E-state index is 11.3. The number of hydrogen-bond donors (Lipinski definition) is 2. The molecule has 0 fully saturated rings. The van der Waals surface area contributed by atoms with Gasteiger partial charge < -0.3 is 9.72 Å². The number of nitrogens with one attached hydrogen (secondary N) is 2. The zero-order valence-electron chi connectivity index (χ0n) is 12.1. The van der Waals surface area contributed by atoms with Gasteiger partial charge >= 0.3 is 5.97 Å². The first-order valence-electron chi connectivity index (χ1n) is 6.71. The van der Waals surface area contributed by atoms with Gasteiger partial charge in [-0.05, 0) is 19.1 Å². The molecular weight excluding hydrogens is 298 g/mol. The molecule has 112 valence electrons. The molecule has 0 saturated carbocycles. The van der Waals surface area contributed by atoms with E-state index in [1.54, 1.807) is 19.2 Å². The van der Waals surface area contributed by atoms with E-state index >= 15 is 0 Å². The molecule has 22 heavy (non-hydrogen) atoms. The van der Waals surface area contributed by atoms with Crippen molar-refractivity contribution in [2.24, 2.45) is 0 Å². The monoisotopic (exact) mass is 313 g/mol. The minimum Gasteiger partial charge on any atom is -0.465 e. The Hall–Kier alpha value is -2.52. The number of fused-ring (bicyclic) bond motifs is 1. The summed E-state index contributed by atoms with van der Waals surface area (Å²) in [6.45, 7) is 2.04. The Bertz CT molecular complexity index is 771. The van der Waals surface area contributed by atoms with Crippen LogP contribution in [0.2, 0.25) is 0 Å². The number of aromatic amines is 1. The number of carbonyl (C=O) groups is 1. The van der Waals surface area contributed by atoms with Gasteiger partial charge in [-0.2, -0.15) is 5.26 Å². The molecule has 0 unspecified atom stereocenters. The highest BCUT2D eigenvalue weighted by Gasteiger charge is 2.11. The summed E-state index contributed by atoms with van der Waals surface area (Å²) >= 11 is 0.992. The van der Waals surface area contributed by atoms with E-state index in [-0.39, 0.29) is 22.3 Å². The van der Waals surface area contributed by atoms with Gasteiger partial charge in [-0.15, -0.1) is 0 Å². The van der Waals surface area contributed by atoms with E-state index < -0.39 is 0 Å². The third-order valence-electron chi connectivity index (χ3n) is 2.93. The van der Waals surface area contributed by atoms with Gasteiger partial charge in [0.05, 0.1) is 17.9 Å². The first kappa shape index (κ1) is 15.9.